The number of rotatable bonds is 35. The molecule has 0 fully saturated rings. The Morgan fingerprint density at radius 3 is 2.05 bits per heavy atom. The molecular weight excluding hydrogens is 1440 g/mol. The summed E-state index contributed by atoms with van der Waals surface area (Å²) in [6.07, 6.45) is 3.19. The van der Waals surface area contributed by atoms with Crippen LogP contribution < -0.4 is 108 Å². The summed E-state index contributed by atoms with van der Waals surface area (Å²) < 4.78 is 106. The van der Waals surface area contributed by atoms with Crippen molar-refractivity contribution in [2.45, 2.75) is 94.5 Å². The van der Waals surface area contributed by atoms with Gasteiger partial charge in [0.15, 0.2) is 5.82 Å². The SMILES string of the molecule is CCCNC(=O)Nc1cccc(S(=O)(=O)Nc2cccc([C@H](CC(=O)[O-])NC(=O)Nc3ccc(NC(=O)NCCOCCOCCOCCC(=O)N[C@H](C(=O)N[C@@H](CCCNC(N)=O)C(=O)N=[S@@](C)(=O)Cc4cc5cc(c4)OCCCCOc4cc(F)ccc4-c4nc(ncc4F)N5)C(C)C)cc3)c2)c1.[Na+]. The van der Waals surface area contributed by atoms with Gasteiger partial charge in [-0.15, -0.1) is 0 Å². The van der Waals surface area contributed by atoms with Gasteiger partial charge in [-0.1, -0.05) is 39.0 Å². The summed E-state index contributed by atoms with van der Waals surface area (Å²) in [7, 11) is -7.62. The number of carbonyl (C=O) groups is 8. The second-order valence-electron chi connectivity index (χ2n) is 24.2. The summed E-state index contributed by atoms with van der Waals surface area (Å²) in [6, 6.07) is 19.6. The third-order valence-corrected chi connectivity index (χ3v) is 17.9. The summed E-state index contributed by atoms with van der Waals surface area (Å²) in [5, 5.41) is 38.2. The number of amides is 11. The number of primary amides is 1. The fraction of sp³-hybridized carbons (Fsp3) is 0.391. The van der Waals surface area contributed by atoms with E-state index < -0.39 is 110 Å². The molecule has 4 atom stereocenters. The van der Waals surface area contributed by atoms with E-state index >= 15 is 4.39 Å². The van der Waals surface area contributed by atoms with Crippen LogP contribution in [0.3, 0.4) is 0 Å². The number of nitrogens with zero attached hydrogens (tertiary/aromatic N) is 3. The first-order valence-corrected chi connectivity index (χ1v) is 37.1. The largest absolute Gasteiger partial charge is 1.00 e. The van der Waals surface area contributed by atoms with E-state index in [0.717, 1.165) is 18.3 Å². The molecule has 13 N–H and O–H groups in total. The van der Waals surface area contributed by atoms with Gasteiger partial charge in [-0.25, -0.2) is 50.6 Å². The van der Waals surface area contributed by atoms with E-state index in [1.807, 2.05) is 6.92 Å². The number of aromatic nitrogens is 2. The predicted molar refractivity (Wildman–Crippen MR) is 384 cm³/mol. The van der Waals surface area contributed by atoms with E-state index in [-0.39, 0.29) is 171 Å². The molecule has 106 heavy (non-hydrogen) atoms. The molecule has 566 valence electrons. The van der Waals surface area contributed by atoms with Gasteiger partial charge in [-0.2, -0.15) is 4.36 Å². The number of carboxylic acid groups (broad SMARTS) is 1. The smallest absolute Gasteiger partial charge is 0.550 e. The molecule has 0 radical (unpaired) electrons. The molecule has 6 aromatic rings. The molecule has 5 aromatic carbocycles. The third-order valence-electron chi connectivity index (χ3n) is 15.1. The van der Waals surface area contributed by atoms with Gasteiger partial charge in [0.1, 0.15) is 35.1 Å². The van der Waals surface area contributed by atoms with Gasteiger partial charge in [0.2, 0.25) is 17.8 Å². The molecule has 32 nitrogen and oxygen atoms in total. The molecule has 1 aliphatic heterocycles. The van der Waals surface area contributed by atoms with Crippen LogP contribution in [0.15, 0.2) is 125 Å². The number of urea groups is 4. The molecule has 0 saturated heterocycles. The summed E-state index contributed by atoms with van der Waals surface area (Å²) in [5.41, 5.74) is 7.23. The number of benzene rings is 5. The third kappa shape index (κ3) is 29.6. The van der Waals surface area contributed by atoms with Crippen LogP contribution in [0.4, 0.5) is 62.3 Å². The van der Waals surface area contributed by atoms with Crippen molar-refractivity contribution in [1.29, 1.82) is 0 Å². The van der Waals surface area contributed by atoms with Gasteiger partial charge in [0.25, 0.3) is 15.9 Å². The molecule has 37 heteroatoms. The summed E-state index contributed by atoms with van der Waals surface area (Å²) in [4.78, 5) is 110. The van der Waals surface area contributed by atoms with Crippen molar-refractivity contribution in [3.63, 3.8) is 0 Å². The monoisotopic (exact) mass is 1520 g/mol. The summed E-state index contributed by atoms with van der Waals surface area (Å²) in [5.74, 6) is -5.42. The van der Waals surface area contributed by atoms with Crippen LogP contribution in [0.2, 0.25) is 0 Å². The Bertz CT molecular complexity index is 4260. The Kier molecular flexibility index (Phi) is 34.5. The number of carboxylic acids is 1. The molecule has 11 amide bonds. The molecule has 7 rings (SSSR count). The molecular formula is C69H86F2N15NaO17S2. The normalized spacial score (nSPS) is 13.3. The van der Waals surface area contributed by atoms with Crippen LogP contribution in [0.5, 0.6) is 11.5 Å². The van der Waals surface area contributed by atoms with Crippen molar-refractivity contribution in [2.75, 3.05) is 105 Å². The minimum absolute atomic E-state index is 0. The number of ether oxygens (including phenoxy) is 5. The fourth-order valence-corrected chi connectivity index (χ4v) is 12.6. The molecule has 0 aliphatic carbocycles. The van der Waals surface area contributed by atoms with Crippen LogP contribution in [-0.2, 0) is 58.9 Å². The zero-order valence-electron chi connectivity index (χ0n) is 59.1. The van der Waals surface area contributed by atoms with Gasteiger partial charge in [0, 0.05) is 90.8 Å². The molecule has 2 heterocycles. The number of hydrogen-bond donors (Lipinski definition) is 12. The Labute approximate surface area is 634 Å². The first-order chi connectivity index (χ1) is 50.2. The Morgan fingerprint density at radius 2 is 1.36 bits per heavy atom. The fourth-order valence-electron chi connectivity index (χ4n) is 10.1. The zero-order chi connectivity index (χ0) is 75.9. The van der Waals surface area contributed by atoms with E-state index in [1.54, 1.807) is 32.0 Å². The van der Waals surface area contributed by atoms with E-state index in [1.165, 1.54) is 85.1 Å². The second-order valence-corrected chi connectivity index (χ2v) is 28.2. The quantitative estimate of drug-likeness (QED) is 0.0200. The van der Waals surface area contributed by atoms with Gasteiger partial charge >= 0.3 is 53.7 Å². The minimum Gasteiger partial charge on any atom is -0.550 e. The number of nitrogens with one attached hydrogen (secondary N) is 11. The average Bonchev–Trinajstić information content (AvgIpc) is 0.920. The van der Waals surface area contributed by atoms with Gasteiger partial charge in [0.05, 0.1) is 85.5 Å². The van der Waals surface area contributed by atoms with Crippen molar-refractivity contribution in [2.24, 2.45) is 16.0 Å². The van der Waals surface area contributed by atoms with Gasteiger partial charge < -0.3 is 92.5 Å². The van der Waals surface area contributed by atoms with Crippen LogP contribution in [-0.4, -0.2) is 161 Å². The van der Waals surface area contributed by atoms with Crippen molar-refractivity contribution in [3.8, 4) is 22.8 Å². The number of halogens is 2. The average molecular weight is 1520 g/mol. The van der Waals surface area contributed by atoms with E-state index in [9.17, 15) is 60.5 Å². The number of aliphatic carboxylic acids is 1. The van der Waals surface area contributed by atoms with Crippen LogP contribution in [0, 0.1) is 17.6 Å². The van der Waals surface area contributed by atoms with Crippen molar-refractivity contribution in [3.05, 3.63) is 138 Å². The van der Waals surface area contributed by atoms with E-state index in [2.05, 4.69) is 72.2 Å². The molecule has 1 aromatic heterocycles. The molecule has 1 aliphatic rings. The standard InChI is InChI=1S/C69H87F2N15O17S2.Na/c1-5-23-74-67(93)80-49-12-9-14-53(39-49)105(97,98)85-50-13-8-11-45(36-50)57(40-60(88)89)82-69(95)79-48-19-17-47(18-20-48)78-68(94)75-25-29-100-31-33-101-32-30-99-28-22-59(87)83-61(43(2)3)64(91)81-56(15-10-24-73-65(72)92)63(90)86-104(4,96)42-44-34-51-38-52(35-44)102-26-6-7-27-103-58-37-46(70)16-21-54(58)62-55(71)41-76-66(77-51)84-62;/h8-9,11-14,16-21,34-39,41,43,56-57,61,85H,5-7,10,15,22-33,40,42H2,1-4H3,(H,81,91)(H,83,87)(H,88,89)(H3,72,73,92)(H2,74,80,93)(H2,75,78,94)(H,76,77,84)(H2,79,82,95);/q;+1/p-1/t56-,57-,61-,104-;/m0./s1. The Morgan fingerprint density at radius 1 is 0.708 bits per heavy atom. The first-order valence-electron chi connectivity index (χ1n) is 33.5. The van der Waals surface area contributed by atoms with Crippen molar-refractivity contribution >= 4 is 102 Å². The summed E-state index contributed by atoms with van der Waals surface area (Å²) in [6.45, 7) is 6.95. The van der Waals surface area contributed by atoms with Crippen LogP contribution in [0.1, 0.15) is 82.9 Å². The van der Waals surface area contributed by atoms with E-state index in [4.69, 9.17) is 29.4 Å². The second kappa shape index (κ2) is 43.0. The molecule has 4 bridgehead atoms. The maximum Gasteiger partial charge on any atom is 1.00 e. The predicted octanol–water partition coefficient (Wildman–Crippen LogP) is 3.52. The molecule has 0 spiro atoms. The van der Waals surface area contributed by atoms with Gasteiger partial charge in [-0.3, -0.25) is 19.1 Å². The molecule has 0 unspecified atom stereocenters. The first kappa shape index (κ1) is 85.1. The zero-order valence-corrected chi connectivity index (χ0v) is 62.8. The number of carbonyl (C=O) groups excluding carboxylic acids is 8. The number of anilines is 6. The van der Waals surface area contributed by atoms with Gasteiger partial charge in [-0.05, 0) is 128 Å². The maximum atomic E-state index is 15.2. The topological polar surface area (TPSA) is 453 Å². The minimum atomic E-state index is -4.20. The number of hydrogen-bond acceptors (Lipinski definition) is 20. The van der Waals surface area contributed by atoms with Crippen molar-refractivity contribution in [1.82, 2.24) is 41.9 Å². The van der Waals surface area contributed by atoms with Crippen LogP contribution in [0.25, 0.3) is 11.3 Å². The number of nitrogens with two attached hydrogens (primary N) is 1. The van der Waals surface area contributed by atoms with Crippen molar-refractivity contribution < 1.29 is 118 Å². The Balaban J connectivity index is 0.0000176. The van der Waals surface area contributed by atoms with E-state index in [0.29, 0.717) is 48.5 Å². The summed E-state index contributed by atoms with van der Waals surface area (Å²) >= 11 is 0. The number of sulfonamides is 1. The van der Waals surface area contributed by atoms with Crippen LogP contribution >= 0.6 is 0 Å². The maximum absolute atomic E-state index is 15.2. The number of fused-ring (bicyclic) bond motifs is 6. The Hall–Kier alpha value is -9.82. The molecule has 0 saturated carbocycles.